The Labute approximate surface area is 108 Å². The van der Waals surface area contributed by atoms with Crippen LogP contribution in [0.4, 0.5) is 0 Å². The molecule has 1 amide bonds. The average Bonchev–Trinajstić information content (AvgIpc) is 2.42. The summed E-state index contributed by atoms with van der Waals surface area (Å²) in [5, 5.41) is 11.6. The maximum atomic E-state index is 12.0. The van der Waals surface area contributed by atoms with E-state index in [9.17, 15) is 4.79 Å². The number of benzene rings is 1. The molecule has 0 aliphatic carbocycles. The lowest BCUT2D eigenvalue weighted by Crippen LogP contribution is -2.28. The summed E-state index contributed by atoms with van der Waals surface area (Å²) >= 11 is 0. The van der Waals surface area contributed by atoms with E-state index in [2.05, 4.69) is 31.0 Å². The summed E-state index contributed by atoms with van der Waals surface area (Å²) in [5.41, 5.74) is 1.20. The molecule has 2 N–H and O–H groups in total. The molecule has 0 aliphatic heterocycles. The van der Waals surface area contributed by atoms with Gasteiger partial charge in [-0.15, -0.1) is 0 Å². The fourth-order valence-electron chi connectivity index (χ4n) is 1.43. The van der Waals surface area contributed by atoms with Gasteiger partial charge in [-0.05, 0) is 18.1 Å². The summed E-state index contributed by atoms with van der Waals surface area (Å²) in [6.45, 7) is 4.65. The number of amides is 1. The first-order valence-corrected chi connectivity index (χ1v) is 6.16. The molecule has 1 rings (SSSR count). The SMILES string of the molecule is CCC(C)CNC(=O)c1ccccc1C#CCO. The number of aliphatic hydroxyl groups excluding tert-OH is 1. The van der Waals surface area contributed by atoms with Crippen molar-refractivity contribution in [3.8, 4) is 11.8 Å². The van der Waals surface area contributed by atoms with Crippen molar-refractivity contribution in [2.75, 3.05) is 13.2 Å². The number of hydrogen-bond donors (Lipinski definition) is 2. The highest BCUT2D eigenvalue weighted by Gasteiger charge is 2.10. The van der Waals surface area contributed by atoms with Gasteiger partial charge in [0.05, 0.1) is 5.56 Å². The predicted octanol–water partition coefficient (Wildman–Crippen LogP) is 1.81. The Hall–Kier alpha value is -1.79. The maximum Gasteiger partial charge on any atom is 0.252 e. The molecule has 0 aromatic heterocycles. The number of carbonyl (C=O) groups is 1. The van der Waals surface area contributed by atoms with Gasteiger partial charge in [0, 0.05) is 12.1 Å². The molecule has 1 atom stereocenters. The van der Waals surface area contributed by atoms with Gasteiger partial charge in [0.25, 0.3) is 5.91 Å². The van der Waals surface area contributed by atoms with E-state index in [1.54, 1.807) is 12.1 Å². The van der Waals surface area contributed by atoms with Crippen LogP contribution < -0.4 is 5.32 Å². The molecule has 0 spiro atoms. The standard InChI is InChI=1S/C15H19NO2/c1-3-12(2)11-16-15(18)14-9-5-4-7-13(14)8-6-10-17/h4-5,7,9,12,17H,3,10-11H2,1-2H3,(H,16,18). The van der Waals surface area contributed by atoms with E-state index < -0.39 is 0 Å². The van der Waals surface area contributed by atoms with Crippen LogP contribution in [0.1, 0.15) is 36.2 Å². The minimum absolute atomic E-state index is 0.113. The van der Waals surface area contributed by atoms with Gasteiger partial charge in [-0.2, -0.15) is 0 Å². The summed E-state index contributed by atoms with van der Waals surface area (Å²) in [5.74, 6) is 5.70. The first kappa shape index (κ1) is 14.3. The topological polar surface area (TPSA) is 49.3 Å². The first-order valence-electron chi connectivity index (χ1n) is 6.16. The van der Waals surface area contributed by atoms with Crippen LogP contribution in [0.3, 0.4) is 0 Å². The van der Waals surface area contributed by atoms with Crippen LogP contribution in [-0.2, 0) is 0 Å². The zero-order chi connectivity index (χ0) is 13.4. The van der Waals surface area contributed by atoms with E-state index >= 15 is 0 Å². The molecule has 1 unspecified atom stereocenters. The molecule has 1 aromatic rings. The number of carbonyl (C=O) groups excluding carboxylic acids is 1. The third-order valence-electron chi connectivity index (χ3n) is 2.78. The molecular weight excluding hydrogens is 226 g/mol. The van der Waals surface area contributed by atoms with Crippen molar-refractivity contribution >= 4 is 5.91 Å². The van der Waals surface area contributed by atoms with Crippen LogP contribution >= 0.6 is 0 Å². The number of rotatable bonds is 4. The molecule has 3 nitrogen and oxygen atoms in total. The lowest BCUT2D eigenvalue weighted by atomic mass is 10.1. The molecule has 0 bridgehead atoms. The second kappa shape index (κ2) is 7.52. The van der Waals surface area contributed by atoms with Crippen LogP contribution in [0.2, 0.25) is 0 Å². The number of aliphatic hydroxyl groups is 1. The predicted molar refractivity (Wildman–Crippen MR) is 72.2 cm³/mol. The van der Waals surface area contributed by atoms with E-state index in [1.807, 2.05) is 12.1 Å². The van der Waals surface area contributed by atoms with Gasteiger partial charge in [-0.1, -0.05) is 44.2 Å². The highest BCUT2D eigenvalue weighted by atomic mass is 16.2. The zero-order valence-corrected chi connectivity index (χ0v) is 10.9. The van der Waals surface area contributed by atoms with Crippen molar-refractivity contribution in [3.63, 3.8) is 0 Å². The summed E-state index contributed by atoms with van der Waals surface area (Å²) in [6.07, 6.45) is 1.03. The van der Waals surface area contributed by atoms with Crippen LogP contribution in [0, 0.1) is 17.8 Å². The maximum absolute atomic E-state index is 12.0. The van der Waals surface area contributed by atoms with Crippen molar-refractivity contribution < 1.29 is 9.90 Å². The Balaban J connectivity index is 2.79. The summed E-state index contributed by atoms with van der Waals surface area (Å²) in [7, 11) is 0. The van der Waals surface area contributed by atoms with Crippen molar-refractivity contribution in [2.24, 2.45) is 5.92 Å². The van der Waals surface area contributed by atoms with Gasteiger partial charge >= 0.3 is 0 Å². The van der Waals surface area contributed by atoms with Crippen LogP contribution in [-0.4, -0.2) is 24.2 Å². The molecule has 0 radical (unpaired) electrons. The molecule has 0 fully saturated rings. The van der Waals surface area contributed by atoms with Crippen molar-refractivity contribution in [1.82, 2.24) is 5.32 Å². The van der Waals surface area contributed by atoms with E-state index in [4.69, 9.17) is 5.11 Å². The van der Waals surface area contributed by atoms with E-state index in [0.29, 0.717) is 23.6 Å². The molecule has 0 heterocycles. The second-order valence-electron chi connectivity index (χ2n) is 4.23. The molecule has 3 heteroatoms. The molecule has 0 saturated heterocycles. The monoisotopic (exact) mass is 245 g/mol. The lowest BCUT2D eigenvalue weighted by molar-refractivity contribution is 0.0947. The van der Waals surface area contributed by atoms with Crippen molar-refractivity contribution in [1.29, 1.82) is 0 Å². The van der Waals surface area contributed by atoms with Crippen molar-refractivity contribution in [3.05, 3.63) is 35.4 Å². The van der Waals surface area contributed by atoms with Crippen LogP contribution in [0.25, 0.3) is 0 Å². The molecular formula is C15H19NO2. The molecule has 0 saturated carbocycles. The molecule has 1 aromatic carbocycles. The van der Waals surface area contributed by atoms with E-state index in [1.165, 1.54) is 0 Å². The smallest absolute Gasteiger partial charge is 0.252 e. The Kier molecular flexibility index (Phi) is 5.96. The highest BCUT2D eigenvalue weighted by Crippen LogP contribution is 2.07. The van der Waals surface area contributed by atoms with E-state index in [-0.39, 0.29) is 12.5 Å². The summed E-state index contributed by atoms with van der Waals surface area (Å²) in [4.78, 5) is 12.0. The first-order chi connectivity index (χ1) is 8.69. The third kappa shape index (κ3) is 4.23. The van der Waals surface area contributed by atoms with Crippen LogP contribution in [0.15, 0.2) is 24.3 Å². The minimum Gasteiger partial charge on any atom is -0.384 e. The largest absolute Gasteiger partial charge is 0.384 e. The normalized spacial score (nSPS) is 11.3. The Morgan fingerprint density at radius 3 is 2.83 bits per heavy atom. The Morgan fingerprint density at radius 2 is 2.17 bits per heavy atom. The quantitative estimate of drug-likeness (QED) is 0.795. The van der Waals surface area contributed by atoms with Gasteiger partial charge in [-0.3, -0.25) is 4.79 Å². The molecule has 96 valence electrons. The zero-order valence-electron chi connectivity index (χ0n) is 10.9. The fraction of sp³-hybridized carbons (Fsp3) is 0.400. The van der Waals surface area contributed by atoms with Gasteiger partial charge in [0.1, 0.15) is 6.61 Å². The Bertz CT molecular complexity index is 457. The minimum atomic E-state index is -0.206. The van der Waals surface area contributed by atoms with Gasteiger partial charge in [0.2, 0.25) is 0 Å². The fourth-order valence-corrected chi connectivity index (χ4v) is 1.43. The lowest BCUT2D eigenvalue weighted by Gasteiger charge is -2.11. The van der Waals surface area contributed by atoms with E-state index in [0.717, 1.165) is 6.42 Å². The molecule has 0 aliphatic rings. The Morgan fingerprint density at radius 1 is 1.44 bits per heavy atom. The van der Waals surface area contributed by atoms with Crippen LogP contribution in [0.5, 0.6) is 0 Å². The molecule has 18 heavy (non-hydrogen) atoms. The average molecular weight is 245 g/mol. The van der Waals surface area contributed by atoms with Crippen molar-refractivity contribution in [2.45, 2.75) is 20.3 Å². The number of nitrogens with one attached hydrogen (secondary N) is 1. The summed E-state index contributed by atoms with van der Waals surface area (Å²) in [6, 6.07) is 7.16. The summed E-state index contributed by atoms with van der Waals surface area (Å²) < 4.78 is 0. The van der Waals surface area contributed by atoms with Gasteiger partial charge in [-0.25, -0.2) is 0 Å². The van der Waals surface area contributed by atoms with Gasteiger partial charge < -0.3 is 10.4 Å². The third-order valence-corrected chi connectivity index (χ3v) is 2.78. The number of hydrogen-bond acceptors (Lipinski definition) is 2. The van der Waals surface area contributed by atoms with Gasteiger partial charge in [0.15, 0.2) is 0 Å². The highest BCUT2D eigenvalue weighted by molar-refractivity contribution is 5.96. The second-order valence-corrected chi connectivity index (χ2v) is 4.23.